The van der Waals surface area contributed by atoms with E-state index in [2.05, 4.69) is 49.6 Å². The summed E-state index contributed by atoms with van der Waals surface area (Å²) in [7, 11) is 0. The van der Waals surface area contributed by atoms with Gasteiger partial charge in [-0.05, 0) is 55.2 Å². The van der Waals surface area contributed by atoms with Crippen molar-refractivity contribution < 1.29 is 9.59 Å². The van der Waals surface area contributed by atoms with Gasteiger partial charge in [-0.25, -0.2) is 0 Å². The van der Waals surface area contributed by atoms with E-state index >= 15 is 0 Å². The molecule has 1 aliphatic heterocycles. The molecule has 0 radical (unpaired) electrons. The lowest BCUT2D eigenvalue weighted by Gasteiger charge is -2.37. The Balaban J connectivity index is 1.54. The van der Waals surface area contributed by atoms with Crippen molar-refractivity contribution in [1.29, 1.82) is 0 Å². The van der Waals surface area contributed by atoms with Gasteiger partial charge < -0.3 is 9.80 Å². The van der Waals surface area contributed by atoms with E-state index < -0.39 is 0 Å². The second-order valence-corrected chi connectivity index (χ2v) is 9.66. The number of benzene rings is 1. The molecule has 5 heteroatoms. The molecule has 1 fully saturated rings. The van der Waals surface area contributed by atoms with Gasteiger partial charge >= 0.3 is 0 Å². The number of unbranched alkanes of at least 4 members (excludes halogenated alkanes) is 2. The van der Waals surface area contributed by atoms with Crippen LogP contribution < -0.4 is 0 Å². The standard InChI is InChI=1S/C25H32N2O2S/c1-3-4-5-6-23(28)27(20-11-12-20)17-24(29)26-15-13-22-21(14-16-30-22)25(26)19-9-7-18(2)8-10-19/h7-10,14,16,20,25H,3-6,11-13,15,17H2,1-2H3/t25-/m1/s1. The molecule has 0 N–H and O–H groups in total. The number of rotatable bonds is 8. The summed E-state index contributed by atoms with van der Waals surface area (Å²) in [5.74, 6) is 0.229. The van der Waals surface area contributed by atoms with E-state index in [-0.39, 0.29) is 30.4 Å². The van der Waals surface area contributed by atoms with Gasteiger partial charge in [0.15, 0.2) is 0 Å². The van der Waals surface area contributed by atoms with Crippen molar-refractivity contribution in [3.05, 3.63) is 57.3 Å². The molecule has 1 saturated carbocycles. The summed E-state index contributed by atoms with van der Waals surface area (Å²) in [6.07, 6.45) is 6.61. The third-order valence-electron chi connectivity index (χ3n) is 6.29. The number of fused-ring (bicyclic) bond motifs is 1. The van der Waals surface area contributed by atoms with Crippen molar-refractivity contribution in [2.45, 2.75) is 70.9 Å². The summed E-state index contributed by atoms with van der Waals surface area (Å²) in [5, 5.41) is 2.13. The van der Waals surface area contributed by atoms with Crippen molar-refractivity contribution in [2.75, 3.05) is 13.1 Å². The first-order valence-corrected chi connectivity index (χ1v) is 12.2. The Morgan fingerprint density at radius 2 is 1.90 bits per heavy atom. The van der Waals surface area contributed by atoms with Crippen molar-refractivity contribution in [3.8, 4) is 0 Å². The third kappa shape index (κ3) is 4.61. The van der Waals surface area contributed by atoms with Crippen LogP contribution in [0, 0.1) is 6.92 Å². The normalized spacial score (nSPS) is 18.2. The summed E-state index contributed by atoms with van der Waals surface area (Å²) >= 11 is 1.78. The maximum atomic E-state index is 13.5. The fourth-order valence-corrected chi connectivity index (χ4v) is 5.31. The van der Waals surface area contributed by atoms with Crippen molar-refractivity contribution in [2.24, 2.45) is 0 Å². The van der Waals surface area contributed by atoms with Crippen molar-refractivity contribution >= 4 is 23.2 Å². The van der Waals surface area contributed by atoms with Gasteiger partial charge in [0.05, 0.1) is 6.04 Å². The fourth-order valence-electron chi connectivity index (χ4n) is 4.41. The molecule has 160 valence electrons. The minimum Gasteiger partial charge on any atom is -0.330 e. The maximum absolute atomic E-state index is 13.5. The minimum atomic E-state index is -0.0515. The van der Waals surface area contributed by atoms with Crippen LogP contribution in [0.3, 0.4) is 0 Å². The van der Waals surface area contributed by atoms with Crippen LogP contribution >= 0.6 is 11.3 Å². The molecular weight excluding hydrogens is 392 g/mol. The average Bonchev–Trinajstić information content (AvgIpc) is 3.47. The van der Waals surface area contributed by atoms with Crippen LogP contribution in [0.5, 0.6) is 0 Å². The molecule has 0 bridgehead atoms. The molecule has 1 aromatic heterocycles. The molecule has 4 nitrogen and oxygen atoms in total. The summed E-state index contributed by atoms with van der Waals surface area (Å²) in [4.78, 5) is 31.6. The first kappa shape index (κ1) is 21.1. The van der Waals surface area contributed by atoms with Crippen LogP contribution in [0.15, 0.2) is 35.7 Å². The molecule has 0 saturated heterocycles. The summed E-state index contributed by atoms with van der Waals surface area (Å²) in [6, 6.07) is 10.9. The lowest BCUT2D eigenvalue weighted by Crippen LogP contribution is -2.47. The van der Waals surface area contributed by atoms with Crippen LogP contribution in [0.2, 0.25) is 0 Å². The zero-order chi connectivity index (χ0) is 21.1. The number of carbonyl (C=O) groups is 2. The molecule has 1 aromatic carbocycles. The Bertz CT molecular complexity index is 885. The predicted octanol–water partition coefficient (Wildman–Crippen LogP) is 5.10. The maximum Gasteiger partial charge on any atom is 0.243 e. The van der Waals surface area contributed by atoms with E-state index in [4.69, 9.17) is 0 Å². The lowest BCUT2D eigenvalue weighted by atomic mass is 9.92. The summed E-state index contributed by atoms with van der Waals surface area (Å²) < 4.78 is 0. The lowest BCUT2D eigenvalue weighted by molar-refractivity contribution is -0.142. The van der Waals surface area contributed by atoms with Crippen LogP contribution in [0.1, 0.15) is 73.1 Å². The van der Waals surface area contributed by atoms with Gasteiger partial charge in [-0.15, -0.1) is 11.3 Å². The van der Waals surface area contributed by atoms with Crippen LogP contribution in [-0.2, 0) is 16.0 Å². The Hall–Kier alpha value is -2.14. The second-order valence-electron chi connectivity index (χ2n) is 8.66. The largest absolute Gasteiger partial charge is 0.330 e. The molecule has 0 unspecified atom stereocenters. The molecule has 2 heterocycles. The van der Waals surface area contributed by atoms with E-state index in [9.17, 15) is 9.59 Å². The zero-order valence-corrected chi connectivity index (χ0v) is 18.9. The van der Waals surface area contributed by atoms with Gasteiger partial charge in [0.25, 0.3) is 0 Å². The van der Waals surface area contributed by atoms with Gasteiger partial charge in [-0.3, -0.25) is 9.59 Å². The average molecular weight is 425 g/mol. The van der Waals surface area contributed by atoms with Gasteiger partial charge in [-0.2, -0.15) is 0 Å². The summed E-state index contributed by atoms with van der Waals surface area (Å²) in [5.41, 5.74) is 3.62. The Morgan fingerprint density at radius 3 is 2.60 bits per heavy atom. The van der Waals surface area contributed by atoms with E-state index in [0.29, 0.717) is 13.0 Å². The van der Waals surface area contributed by atoms with Gasteiger partial charge in [0.1, 0.15) is 6.54 Å². The number of aryl methyl sites for hydroxylation is 1. The molecule has 2 aromatic rings. The van der Waals surface area contributed by atoms with E-state index in [0.717, 1.165) is 44.1 Å². The number of carbonyl (C=O) groups excluding carboxylic acids is 2. The molecule has 1 atom stereocenters. The van der Waals surface area contributed by atoms with Gasteiger partial charge in [0, 0.05) is 23.9 Å². The molecule has 30 heavy (non-hydrogen) atoms. The van der Waals surface area contributed by atoms with Gasteiger partial charge in [0.2, 0.25) is 11.8 Å². The van der Waals surface area contributed by atoms with Crippen LogP contribution in [0.4, 0.5) is 0 Å². The van der Waals surface area contributed by atoms with Crippen LogP contribution in [-0.4, -0.2) is 40.7 Å². The highest BCUT2D eigenvalue weighted by Crippen LogP contribution is 2.38. The zero-order valence-electron chi connectivity index (χ0n) is 18.1. The van der Waals surface area contributed by atoms with E-state index in [1.807, 2.05) is 9.80 Å². The van der Waals surface area contributed by atoms with Crippen LogP contribution in [0.25, 0.3) is 0 Å². The monoisotopic (exact) mass is 424 g/mol. The highest BCUT2D eigenvalue weighted by molar-refractivity contribution is 7.10. The molecular formula is C25H32N2O2S. The highest BCUT2D eigenvalue weighted by atomic mass is 32.1. The molecule has 1 aliphatic carbocycles. The fraction of sp³-hybridized carbons (Fsp3) is 0.520. The minimum absolute atomic E-state index is 0.0515. The van der Waals surface area contributed by atoms with Gasteiger partial charge in [-0.1, -0.05) is 49.6 Å². The smallest absolute Gasteiger partial charge is 0.243 e. The summed E-state index contributed by atoms with van der Waals surface area (Å²) in [6.45, 7) is 5.17. The molecule has 2 aliphatic rings. The predicted molar refractivity (Wildman–Crippen MR) is 122 cm³/mol. The quantitative estimate of drug-likeness (QED) is 0.553. The Morgan fingerprint density at radius 1 is 1.13 bits per heavy atom. The second kappa shape index (κ2) is 9.34. The topological polar surface area (TPSA) is 40.6 Å². The number of hydrogen-bond donors (Lipinski definition) is 0. The van der Waals surface area contributed by atoms with E-state index in [1.165, 1.54) is 16.0 Å². The van der Waals surface area contributed by atoms with Crippen molar-refractivity contribution in [3.63, 3.8) is 0 Å². The first-order valence-electron chi connectivity index (χ1n) is 11.3. The number of nitrogens with zero attached hydrogens (tertiary/aromatic N) is 2. The molecule has 2 amide bonds. The Labute approximate surface area is 183 Å². The number of amides is 2. The number of thiophene rings is 1. The number of hydrogen-bond acceptors (Lipinski definition) is 3. The third-order valence-corrected chi connectivity index (χ3v) is 7.28. The Kier molecular flexibility index (Phi) is 6.57. The SMILES string of the molecule is CCCCCC(=O)N(CC(=O)N1CCc2sccc2[C@H]1c1ccc(C)cc1)C1CC1. The molecule has 4 rings (SSSR count). The van der Waals surface area contributed by atoms with Crippen molar-refractivity contribution in [1.82, 2.24) is 9.80 Å². The first-order chi connectivity index (χ1) is 14.6. The van der Waals surface area contributed by atoms with E-state index in [1.54, 1.807) is 11.3 Å². The highest BCUT2D eigenvalue weighted by Gasteiger charge is 2.37. The molecule has 0 spiro atoms.